The van der Waals surface area contributed by atoms with Crippen molar-refractivity contribution in [2.24, 2.45) is 0 Å². The molecule has 0 saturated heterocycles. The summed E-state index contributed by atoms with van der Waals surface area (Å²) in [5.41, 5.74) is 2.25. The van der Waals surface area contributed by atoms with Crippen LogP contribution in [-0.4, -0.2) is 38.4 Å². The minimum Gasteiger partial charge on any atom is -0.390 e. The van der Waals surface area contributed by atoms with Crippen molar-refractivity contribution in [2.75, 3.05) is 5.32 Å². The predicted octanol–water partition coefficient (Wildman–Crippen LogP) is 1.56. The first-order valence-corrected chi connectivity index (χ1v) is 7.70. The van der Waals surface area contributed by atoms with Crippen LogP contribution >= 0.6 is 0 Å². The van der Waals surface area contributed by atoms with Gasteiger partial charge >= 0.3 is 0 Å². The fourth-order valence-corrected chi connectivity index (χ4v) is 2.84. The van der Waals surface area contributed by atoms with Crippen molar-refractivity contribution in [1.29, 1.82) is 0 Å². The number of aryl methyl sites for hydroxylation is 2. The lowest BCUT2D eigenvalue weighted by Crippen LogP contribution is -2.34. The molecule has 0 unspecified atom stereocenters. The number of aliphatic hydroxyl groups excluding tert-OH is 2. The Morgan fingerprint density at radius 1 is 1.05 bits per heavy atom. The van der Waals surface area contributed by atoms with Gasteiger partial charge in [-0.15, -0.1) is 0 Å². The molecular formula is C17H21N3O2. The minimum absolute atomic E-state index is 0.146. The molecule has 3 atom stereocenters. The van der Waals surface area contributed by atoms with Crippen molar-refractivity contribution in [1.82, 2.24) is 9.97 Å². The highest BCUT2D eigenvalue weighted by Gasteiger charge is 2.33. The van der Waals surface area contributed by atoms with Crippen LogP contribution in [0, 0.1) is 0 Å². The van der Waals surface area contributed by atoms with Gasteiger partial charge in [0, 0.05) is 11.8 Å². The first-order valence-electron chi connectivity index (χ1n) is 7.70. The highest BCUT2D eigenvalue weighted by Crippen LogP contribution is 2.23. The summed E-state index contributed by atoms with van der Waals surface area (Å²) in [5, 5.41) is 22.7. The van der Waals surface area contributed by atoms with Crippen molar-refractivity contribution in [2.45, 2.75) is 43.9 Å². The molecule has 0 amide bonds. The molecule has 0 aliphatic heterocycles. The largest absolute Gasteiger partial charge is 0.390 e. The predicted molar refractivity (Wildman–Crippen MR) is 84.5 cm³/mol. The van der Waals surface area contributed by atoms with E-state index in [1.54, 1.807) is 6.33 Å². The van der Waals surface area contributed by atoms with Gasteiger partial charge in [-0.25, -0.2) is 9.97 Å². The average molecular weight is 299 g/mol. The van der Waals surface area contributed by atoms with Crippen LogP contribution in [-0.2, 0) is 12.8 Å². The summed E-state index contributed by atoms with van der Waals surface area (Å²) in [4.78, 5) is 8.50. The number of rotatable bonds is 5. The van der Waals surface area contributed by atoms with Gasteiger partial charge in [0.15, 0.2) is 0 Å². The molecule has 1 aliphatic carbocycles. The summed E-state index contributed by atoms with van der Waals surface area (Å²) in [6.45, 7) is 0. The third-order valence-electron chi connectivity index (χ3n) is 4.15. The number of hydrogen-bond acceptors (Lipinski definition) is 5. The zero-order chi connectivity index (χ0) is 15.4. The zero-order valence-corrected chi connectivity index (χ0v) is 12.4. The van der Waals surface area contributed by atoms with Gasteiger partial charge in [-0.05, 0) is 31.2 Å². The van der Waals surface area contributed by atoms with Gasteiger partial charge in [0.2, 0.25) is 0 Å². The summed E-state index contributed by atoms with van der Waals surface area (Å²) in [6.07, 6.45) is 3.30. The van der Waals surface area contributed by atoms with Gasteiger partial charge in [0.05, 0.1) is 18.2 Å². The first-order chi connectivity index (χ1) is 10.7. The SMILES string of the molecule is O[C@@H]1[C@H](O)CC[C@H]1Nc1cc(CCc2ccccc2)ncn1. The number of hydrogen-bond donors (Lipinski definition) is 3. The van der Waals surface area contributed by atoms with E-state index in [2.05, 4.69) is 27.4 Å². The Kier molecular flexibility index (Phi) is 4.65. The number of aliphatic hydroxyl groups is 2. The molecule has 5 nitrogen and oxygen atoms in total. The van der Waals surface area contributed by atoms with Gasteiger partial charge in [0.1, 0.15) is 12.1 Å². The van der Waals surface area contributed by atoms with Crippen molar-refractivity contribution >= 4 is 5.82 Å². The topological polar surface area (TPSA) is 78.3 Å². The standard InChI is InChI=1S/C17H21N3O2/c21-15-9-8-14(17(15)22)20-16-10-13(18-11-19-16)7-6-12-4-2-1-3-5-12/h1-5,10-11,14-15,17,21-22H,6-9H2,(H,18,19,20)/t14-,15-,17+/m1/s1. The van der Waals surface area contributed by atoms with Crippen LogP contribution in [0.3, 0.4) is 0 Å². The second-order valence-electron chi connectivity index (χ2n) is 5.77. The van der Waals surface area contributed by atoms with Crippen LogP contribution in [0.5, 0.6) is 0 Å². The Morgan fingerprint density at radius 2 is 1.86 bits per heavy atom. The molecule has 3 N–H and O–H groups in total. The Labute approximate surface area is 130 Å². The summed E-state index contributed by atoms with van der Waals surface area (Å²) in [7, 11) is 0. The third kappa shape index (κ3) is 3.61. The van der Waals surface area contributed by atoms with Crippen LogP contribution in [0.15, 0.2) is 42.7 Å². The van der Waals surface area contributed by atoms with Crippen LogP contribution in [0.25, 0.3) is 0 Å². The molecular weight excluding hydrogens is 278 g/mol. The maximum atomic E-state index is 9.88. The minimum atomic E-state index is -0.734. The Balaban J connectivity index is 1.60. The lowest BCUT2D eigenvalue weighted by molar-refractivity contribution is 0.0391. The molecule has 0 radical (unpaired) electrons. The number of nitrogens with zero attached hydrogens (tertiary/aromatic N) is 2. The molecule has 1 aromatic carbocycles. The highest BCUT2D eigenvalue weighted by atomic mass is 16.3. The first kappa shape index (κ1) is 14.9. The van der Waals surface area contributed by atoms with Crippen molar-refractivity contribution < 1.29 is 10.2 Å². The monoisotopic (exact) mass is 299 g/mol. The second kappa shape index (κ2) is 6.85. The Morgan fingerprint density at radius 3 is 2.59 bits per heavy atom. The molecule has 22 heavy (non-hydrogen) atoms. The summed E-state index contributed by atoms with van der Waals surface area (Å²) < 4.78 is 0. The van der Waals surface area contributed by atoms with E-state index < -0.39 is 12.2 Å². The normalized spacial score (nSPS) is 24.4. The quantitative estimate of drug-likeness (QED) is 0.781. The van der Waals surface area contributed by atoms with E-state index in [0.29, 0.717) is 12.2 Å². The van der Waals surface area contributed by atoms with Crippen LogP contribution in [0.1, 0.15) is 24.1 Å². The average Bonchev–Trinajstić information content (AvgIpc) is 2.86. The van der Waals surface area contributed by atoms with Gasteiger partial charge in [-0.1, -0.05) is 30.3 Å². The zero-order valence-electron chi connectivity index (χ0n) is 12.4. The molecule has 1 heterocycles. The summed E-state index contributed by atoms with van der Waals surface area (Å²) >= 11 is 0. The van der Waals surface area contributed by atoms with Gasteiger partial charge in [-0.3, -0.25) is 0 Å². The van der Waals surface area contributed by atoms with E-state index >= 15 is 0 Å². The number of nitrogens with one attached hydrogen (secondary N) is 1. The molecule has 116 valence electrons. The lowest BCUT2D eigenvalue weighted by atomic mass is 10.1. The van der Waals surface area contributed by atoms with Gasteiger partial charge in [-0.2, -0.15) is 0 Å². The van der Waals surface area contributed by atoms with Crippen LogP contribution < -0.4 is 5.32 Å². The molecule has 1 aliphatic rings. The summed E-state index contributed by atoms with van der Waals surface area (Å²) in [5.74, 6) is 0.705. The van der Waals surface area contributed by atoms with E-state index in [-0.39, 0.29) is 6.04 Å². The molecule has 1 saturated carbocycles. The fourth-order valence-electron chi connectivity index (χ4n) is 2.84. The molecule has 5 heteroatoms. The van der Waals surface area contributed by atoms with Gasteiger partial charge in [0.25, 0.3) is 0 Å². The fraction of sp³-hybridized carbons (Fsp3) is 0.412. The molecule has 1 fully saturated rings. The highest BCUT2D eigenvalue weighted by molar-refractivity contribution is 5.37. The molecule has 0 spiro atoms. The van der Waals surface area contributed by atoms with E-state index in [1.807, 2.05) is 24.3 Å². The Bertz CT molecular complexity index is 606. The van der Waals surface area contributed by atoms with E-state index in [0.717, 1.165) is 25.0 Å². The van der Waals surface area contributed by atoms with Crippen LogP contribution in [0.4, 0.5) is 5.82 Å². The maximum absolute atomic E-state index is 9.88. The lowest BCUT2D eigenvalue weighted by Gasteiger charge is -2.18. The molecule has 0 bridgehead atoms. The van der Waals surface area contributed by atoms with E-state index in [9.17, 15) is 10.2 Å². The van der Waals surface area contributed by atoms with Crippen LogP contribution in [0.2, 0.25) is 0 Å². The van der Waals surface area contributed by atoms with Crippen molar-refractivity contribution in [3.05, 3.63) is 54.0 Å². The number of aromatic nitrogens is 2. The number of anilines is 1. The second-order valence-corrected chi connectivity index (χ2v) is 5.77. The van der Waals surface area contributed by atoms with Crippen molar-refractivity contribution in [3.63, 3.8) is 0 Å². The van der Waals surface area contributed by atoms with E-state index in [1.165, 1.54) is 5.56 Å². The Hall–Kier alpha value is -1.98. The van der Waals surface area contributed by atoms with Crippen molar-refractivity contribution in [3.8, 4) is 0 Å². The number of benzene rings is 1. The molecule has 3 rings (SSSR count). The molecule has 1 aromatic heterocycles. The van der Waals surface area contributed by atoms with E-state index in [4.69, 9.17) is 0 Å². The molecule has 2 aromatic rings. The van der Waals surface area contributed by atoms with Gasteiger partial charge < -0.3 is 15.5 Å². The summed E-state index contributed by atoms with van der Waals surface area (Å²) in [6, 6.07) is 12.1. The smallest absolute Gasteiger partial charge is 0.129 e. The maximum Gasteiger partial charge on any atom is 0.129 e. The third-order valence-corrected chi connectivity index (χ3v) is 4.15.